The highest BCUT2D eigenvalue weighted by atomic mass is 16.4. The predicted molar refractivity (Wildman–Crippen MR) is 63.3 cm³/mol. The second-order valence-electron chi connectivity index (χ2n) is 3.63. The summed E-state index contributed by atoms with van der Waals surface area (Å²) in [4.78, 5) is 0. The second kappa shape index (κ2) is 3.48. The lowest BCUT2D eigenvalue weighted by molar-refractivity contribution is 0.479. The highest BCUT2D eigenvalue weighted by Gasteiger charge is 2.13. The molecule has 3 rings (SSSR count). The lowest BCUT2D eigenvalue weighted by Gasteiger charge is -2.04. The van der Waals surface area contributed by atoms with Gasteiger partial charge in [0, 0.05) is 5.39 Å². The first-order chi connectivity index (χ1) is 8.25. The van der Waals surface area contributed by atoms with E-state index in [0.717, 1.165) is 10.8 Å². The molecule has 17 heavy (non-hydrogen) atoms. The van der Waals surface area contributed by atoms with Crippen molar-refractivity contribution in [2.75, 3.05) is 5.73 Å². The summed E-state index contributed by atoms with van der Waals surface area (Å²) in [5, 5.41) is 19.1. The number of rotatable bonds is 1. The van der Waals surface area contributed by atoms with Crippen LogP contribution in [0.1, 0.15) is 0 Å². The van der Waals surface area contributed by atoms with Crippen LogP contribution in [-0.4, -0.2) is 15.3 Å². The number of nitrogens with two attached hydrogens (primary N) is 1. The van der Waals surface area contributed by atoms with Crippen LogP contribution in [0.25, 0.3) is 22.2 Å². The number of benzene rings is 2. The molecule has 5 nitrogen and oxygen atoms in total. The van der Waals surface area contributed by atoms with Crippen LogP contribution in [0, 0.1) is 0 Å². The molecule has 5 heteroatoms. The van der Waals surface area contributed by atoms with Gasteiger partial charge in [0.15, 0.2) is 0 Å². The Morgan fingerprint density at radius 1 is 1.06 bits per heavy atom. The molecule has 0 aliphatic rings. The van der Waals surface area contributed by atoms with E-state index in [1.54, 1.807) is 6.07 Å². The van der Waals surface area contributed by atoms with Crippen LogP contribution in [0.15, 0.2) is 40.8 Å². The molecule has 0 fully saturated rings. The molecule has 2 aromatic carbocycles. The highest BCUT2D eigenvalue weighted by molar-refractivity contribution is 5.93. The monoisotopic (exact) mass is 227 g/mol. The first kappa shape index (κ1) is 9.65. The van der Waals surface area contributed by atoms with E-state index in [4.69, 9.17) is 10.2 Å². The van der Waals surface area contributed by atoms with E-state index in [9.17, 15) is 5.11 Å². The Kier molecular flexibility index (Phi) is 1.98. The summed E-state index contributed by atoms with van der Waals surface area (Å²) in [6.45, 7) is 0. The molecule has 0 bridgehead atoms. The van der Waals surface area contributed by atoms with Crippen LogP contribution in [0.3, 0.4) is 0 Å². The number of hydrogen-bond acceptors (Lipinski definition) is 5. The van der Waals surface area contributed by atoms with E-state index in [2.05, 4.69) is 10.2 Å². The average molecular weight is 227 g/mol. The van der Waals surface area contributed by atoms with Gasteiger partial charge in [0.1, 0.15) is 5.75 Å². The summed E-state index contributed by atoms with van der Waals surface area (Å²) in [6.07, 6.45) is 0. The first-order valence-corrected chi connectivity index (χ1v) is 5.06. The van der Waals surface area contributed by atoms with E-state index >= 15 is 0 Å². The molecule has 0 radical (unpaired) electrons. The third kappa shape index (κ3) is 1.48. The minimum absolute atomic E-state index is 0.0208. The van der Waals surface area contributed by atoms with Crippen LogP contribution in [0.4, 0.5) is 6.01 Å². The number of nitrogens with zero attached hydrogens (tertiary/aromatic N) is 2. The smallest absolute Gasteiger partial charge is 0.313 e. The summed E-state index contributed by atoms with van der Waals surface area (Å²) in [7, 11) is 0. The highest BCUT2D eigenvalue weighted by Crippen LogP contribution is 2.35. The van der Waals surface area contributed by atoms with Gasteiger partial charge in [0.05, 0.1) is 5.56 Å². The predicted octanol–water partition coefficient (Wildman–Crippen LogP) is 2.18. The molecule has 0 aliphatic heterocycles. The molecule has 0 spiro atoms. The minimum atomic E-state index is -0.0208. The summed E-state index contributed by atoms with van der Waals surface area (Å²) in [6, 6.07) is 11.1. The summed E-state index contributed by atoms with van der Waals surface area (Å²) in [5.41, 5.74) is 5.84. The first-order valence-electron chi connectivity index (χ1n) is 5.06. The zero-order valence-electron chi connectivity index (χ0n) is 8.79. The lowest BCUT2D eigenvalue weighted by atomic mass is 10.1. The van der Waals surface area contributed by atoms with Gasteiger partial charge in [-0.25, -0.2) is 0 Å². The molecule has 0 aliphatic carbocycles. The molecule has 0 saturated carbocycles. The second-order valence-corrected chi connectivity index (χ2v) is 3.63. The number of aromatic nitrogens is 2. The summed E-state index contributed by atoms with van der Waals surface area (Å²) in [5.74, 6) is 0.331. The van der Waals surface area contributed by atoms with E-state index in [0.29, 0.717) is 5.56 Å². The van der Waals surface area contributed by atoms with Gasteiger partial charge in [-0.3, -0.25) is 0 Å². The summed E-state index contributed by atoms with van der Waals surface area (Å²) >= 11 is 0. The Morgan fingerprint density at radius 2 is 1.88 bits per heavy atom. The molecule has 84 valence electrons. The zero-order chi connectivity index (χ0) is 11.8. The maximum absolute atomic E-state index is 10.1. The van der Waals surface area contributed by atoms with Gasteiger partial charge in [-0.1, -0.05) is 35.4 Å². The molecule has 0 amide bonds. The Hall–Kier alpha value is -2.56. The van der Waals surface area contributed by atoms with Gasteiger partial charge >= 0.3 is 6.01 Å². The third-order valence-electron chi connectivity index (χ3n) is 2.57. The van der Waals surface area contributed by atoms with Crippen molar-refractivity contribution < 1.29 is 9.52 Å². The number of phenols is 1. The fourth-order valence-corrected chi connectivity index (χ4v) is 1.77. The molecule has 3 aromatic rings. The van der Waals surface area contributed by atoms with E-state index < -0.39 is 0 Å². The molecule has 0 atom stereocenters. The van der Waals surface area contributed by atoms with Gasteiger partial charge in [-0.15, -0.1) is 5.10 Å². The Bertz CT molecular complexity index is 691. The van der Waals surface area contributed by atoms with Crippen molar-refractivity contribution >= 4 is 16.8 Å². The van der Waals surface area contributed by atoms with Crippen LogP contribution >= 0.6 is 0 Å². The van der Waals surface area contributed by atoms with Crippen molar-refractivity contribution in [2.45, 2.75) is 0 Å². The lowest BCUT2D eigenvalue weighted by Crippen LogP contribution is -1.81. The SMILES string of the molecule is Nc1nnc(-c2ccc3ccccc3c2O)o1. The largest absolute Gasteiger partial charge is 0.506 e. The Morgan fingerprint density at radius 3 is 2.65 bits per heavy atom. The zero-order valence-corrected chi connectivity index (χ0v) is 8.79. The van der Waals surface area contributed by atoms with Gasteiger partial charge < -0.3 is 15.3 Å². The van der Waals surface area contributed by atoms with Gasteiger partial charge in [0.2, 0.25) is 0 Å². The van der Waals surface area contributed by atoms with Crippen molar-refractivity contribution in [3.63, 3.8) is 0 Å². The van der Waals surface area contributed by atoms with Crippen molar-refractivity contribution in [2.24, 2.45) is 0 Å². The van der Waals surface area contributed by atoms with Crippen molar-refractivity contribution in [3.05, 3.63) is 36.4 Å². The number of fused-ring (bicyclic) bond motifs is 1. The number of aromatic hydroxyl groups is 1. The number of phenolic OH excluding ortho intramolecular Hbond substituents is 1. The summed E-state index contributed by atoms with van der Waals surface area (Å²) < 4.78 is 5.09. The van der Waals surface area contributed by atoms with E-state index in [1.807, 2.05) is 30.3 Å². The Labute approximate surface area is 96.5 Å². The number of nitrogen functional groups attached to an aromatic ring is 1. The molecular formula is C12H9N3O2. The minimum Gasteiger partial charge on any atom is -0.506 e. The normalized spacial score (nSPS) is 10.8. The standard InChI is InChI=1S/C12H9N3O2/c13-12-15-14-11(17-12)9-6-5-7-3-1-2-4-8(7)10(9)16/h1-6,16H,(H2,13,15). The number of hydrogen-bond donors (Lipinski definition) is 2. The maximum Gasteiger partial charge on any atom is 0.313 e. The maximum atomic E-state index is 10.1. The number of anilines is 1. The quantitative estimate of drug-likeness (QED) is 0.665. The Balaban J connectivity index is 2.28. The van der Waals surface area contributed by atoms with Crippen LogP contribution < -0.4 is 5.73 Å². The van der Waals surface area contributed by atoms with Gasteiger partial charge in [0.25, 0.3) is 5.89 Å². The van der Waals surface area contributed by atoms with E-state index in [1.165, 1.54) is 0 Å². The molecule has 3 N–H and O–H groups in total. The van der Waals surface area contributed by atoms with Crippen molar-refractivity contribution in [1.82, 2.24) is 10.2 Å². The fraction of sp³-hybridized carbons (Fsp3) is 0. The molecule has 0 saturated heterocycles. The molecule has 1 heterocycles. The molecular weight excluding hydrogens is 218 g/mol. The third-order valence-corrected chi connectivity index (χ3v) is 2.57. The van der Waals surface area contributed by atoms with Gasteiger partial charge in [-0.2, -0.15) is 0 Å². The van der Waals surface area contributed by atoms with Crippen molar-refractivity contribution in [1.29, 1.82) is 0 Å². The van der Waals surface area contributed by atoms with Crippen molar-refractivity contribution in [3.8, 4) is 17.2 Å². The fourth-order valence-electron chi connectivity index (χ4n) is 1.77. The van der Waals surface area contributed by atoms with Crippen LogP contribution in [0.5, 0.6) is 5.75 Å². The van der Waals surface area contributed by atoms with Crippen LogP contribution in [-0.2, 0) is 0 Å². The van der Waals surface area contributed by atoms with E-state index in [-0.39, 0.29) is 17.7 Å². The molecule has 1 aromatic heterocycles. The van der Waals surface area contributed by atoms with Crippen LogP contribution in [0.2, 0.25) is 0 Å². The molecule has 0 unspecified atom stereocenters. The average Bonchev–Trinajstić information content (AvgIpc) is 2.77. The topological polar surface area (TPSA) is 85.2 Å². The van der Waals surface area contributed by atoms with Gasteiger partial charge in [-0.05, 0) is 11.5 Å².